The van der Waals surface area contributed by atoms with Gasteiger partial charge in [0.15, 0.2) is 0 Å². The van der Waals surface area contributed by atoms with E-state index in [-0.39, 0.29) is 5.41 Å². The van der Waals surface area contributed by atoms with Gasteiger partial charge in [0.05, 0.1) is 6.04 Å². The van der Waals surface area contributed by atoms with Crippen molar-refractivity contribution in [1.29, 1.82) is 0 Å². The van der Waals surface area contributed by atoms with Gasteiger partial charge in [0, 0.05) is 0 Å². The van der Waals surface area contributed by atoms with Crippen molar-refractivity contribution in [2.45, 2.75) is 77.8 Å². The van der Waals surface area contributed by atoms with Crippen LogP contribution in [0.4, 0.5) is 8.78 Å². The van der Waals surface area contributed by atoms with Crippen LogP contribution in [0.3, 0.4) is 0 Å². The second-order valence-corrected chi connectivity index (χ2v) is 8.20. The summed E-state index contributed by atoms with van der Waals surface area (Å²) in [6.45, 7) is 6.04. The van der Waals surface area contributed by atoms with Gasteiger partial charge in [-0.05, 0) is 60.6 Å². The van der Waals surface area contributed by atoms with Crippen LogP contribution >= 0.6 is 0 Å². The van der Waals surface area contributed by atoms with Crippen LogP contribution in [0, 0.1) is 5.41 Å². The Balaban J connectivity index is 2.17. The van der Waals surface area contributed by atoms with Crippen LogP contribution in [0.25, 0.3) is 0 Å². The van der Waals surface area contributed by atoms with Crippen molar-refractivity contribution in [3.8, 4) is 0 Å². The van der Waals surface area contributed by atoms with Crippen molar-refractivity contribution >= 4 is 5.97 Å². The summed E-state index contributed by atoms with van der Waals surface area (Å²) in [5.74, 6) is -1.08. The Bertz CT molecular complexity index is 596. The minimum absolute atomic E-state index is 0.0402. The summed E-state index contributed by atoms with van der Waals surface area (Å²) in [4.78, 5) is 11.5. The lowest BCUT2D eigenvalue weighted by atomic mass is 9.87. The normalized spacial score (nSPS) is 17.2. The van der Waals surface area contributed by atoms with Gasteiger partial charge in [-0.1, -0.05) is 39.0 Å². The van der Waals surface area contributed by atoms with Crippen LogP contribution in [-0.2, 0) is 17.6 Å². The van der Waals surface area contributed by atoms with Gasteiger partial charge in [0.25, 0.3) is 6.43 Å². The monoisotopic (exact) mass is 353 g/mol. The number of carbonyl (C=O) groups is 1. The molecule has 0 radical (unpaired) electrons. The summed E-state index contributed by atoms with van der Waals surface area (Å²) < 4.78 is 27.3. The number of aryl methyl sites for hydroxylation is 2. The Kier molecular flexibility index (Phi) is 6.55. The van der Waals surface area contributed by atoms with Crippen molar-refractivity contribution < 1.29 is 18.7 Å². The number of halogens is 2. The largest absolute Gasteiger partial charge is 0.480 e. The van der Waals surface area contributed by atoms with Crippen molar-refractivity contribution in [1.82, 2.24) is 5.32 Å². The summed E-state index contributed by atoms with van der Waals surface area (Å²) in [5.41, 5.74) is 2.79. The predicted octanol–water partition coefficient (Wildman–Crippen LogP) is 4.74. The Morgan fingerprint density at radius 3 is 2.40 bits per heavy atom. The SMILES string of the molecule is CC(C)(C)CC[C@H](N[C@H](c1ccc2c(c1)CCCC2)C(F)F)C(=O)O. The summed E-state index contributed by atoms with van der Waals surface area (Å²) >= 11 is 0. The molecule has 1 aliphatic rings. The minimum Gasteiger partial charge on any atom is -0.480 e. The average molecular weight is 353 g/mol. The second kappa shape index (κ2) is 8.26. The highest BCUT2D eigenvalue weighted by molar-refractivity contribution is 5.73. The highest BCUT2D eigenvalue weighted by Crippen LogP contribution is 2.29. The zero-order chi connectivity index (χ0) is 18.6. The van der Waals surface area contributed by atoms with E-state index < -0.39 is 24.5 Å². The van der Waals surface area contributed by atoms with E-state index in [1.165, 1.54) is 5.56 Å². The van der Waals surface area contributed by atoms with E-state index >= 15 is 0 Å². The van der Waals surface area contributed by atoms with E-state index in [4.69, 9.17) is 0 Å². The fraction of sp³-hybridized carbons (Fsp3) is 0.650. The van der Waals surface area contributed by atoms with E-state index in [0.29, 0.717) is 18.4 Å². The molecule has 5 heteroatoms. The first-order chi connectivity index (χ1) is 11.7. The van der Waals surface area contributed by atoms with Crippen LogP contribution in [0.15, 0.2) is 18.2 Å². The van der Waals surface area contributed by atoms with Gasteiger partial charge >= 0.3 is 5.97 Å². The summed E-state index contributed by atoms with van der Waals surface area (Å²) in [6.07, 6.45) is 2.43. The number of hydrogen-bond donors (Lipinski definition) is 2. The smallest absolute Gasteiger partial charge is 0.320 e. The molecule has 0 aromatic heterocycles. The summed E-state index contributed by atoms with van der Waals surface area (Å²) in [7, 11) is 0. The summed E-state index contributed by atoms with van der Waals surface area (Å²) in [6, 6.07) is 3.24. The van der Waals surface area contributed by atoms with Crippen molar-refractivity contribution in [2.75, 3.05) is 0 Å². The molecule has 1 aromatic rings. The summed E-state index contributed by atoms with van der Waals surface area (Å²) in [5, 5.41) is 12.1. The first-order valence-corrected chi connectivity index (χ1v) is 9.06. The van der Waals surface area contributed by atoms with Crippen LogP contribution in [-0.4, -0.2) is 23.5 Å². The first kappa shape index (κ1) is 19.8. The highest BCUT2D eigenvalue weighted by atomic mass is 19.3. The zero-order valence-corrected chi connectivity index (χ0v) is 15.3. The number of aliphatic carboxylic acids is 1. The van der Waals surface area contributed by atoms with Crippen LogP contribution in [0.2, 0.25) is 0 Å². The third kappa shape index (κ3) is 5.77. The molecule has 0 aliphatic heterocycles. The molecule has 2 rings (SSSR count). The van der Waals surface area contributed by atoms with Gasteiger partial charge in [-0.25, -0.2) is 8.78 Å². The maximum absolute atomic E-state index is 13.7. The number of alkyl halides is 2. The molecular weight excluding hydrogens is 324 g/mol. The third-order valence-corrected chi connectivity index (χ3v) is 4.85. The lowest BCUT2D eigenvalue weighted by molar-refractivity contribution is -0.140. The van der Waals surface area contributed by atoms with Crippen molar-refractivity contribution in [3.63, 3.8) is 0 Å². The molecule has 1 aromatic carbocycles. The molecule has 25 heavy (non-hydrogen) atoms. The van der Waals surface area contributed by atoms with Gasteiger partial charge in [0.2, 0.25) is 0 Å². The van der Waals surface area contributed by atoms with E-state index in [0.717, 1.165) is 31.2 Å². The number of fused-ring (bicyclic) bond motifs is 1. The first-order valence-electron chi connectivity index (χ1n) is 9.06. The fourth-order valence-electron chi connectivity index (χ4n) is 3.33. The Morgan fingerprint density at radius 1 is 1.20 bits per heavy atom. The van der Waals surface area contributed by atoms with E-state index in [2.05, 4.69) is 5.32 Å². The van der Waals surface area contributed by atoms with Gasteiger partial charge in [-0.15, -0.1) is 0 Å². The van der Waals surface area contributed by atoms with Gasteiger partial charge in [-0.3, -0.25) is 10.1 Å². The molecule has 0 spiro atoms. The molecule has 2 atom stereocenters. The molecule has 1 aliphatic carbocycles. The Labute approximate surface area is 148 Å². The van der Waals surface area contributed by atoms with Crippen LogP contribution < -0.4 is 5.32 Å². The molecule has 0 heterocycles. The van der Waals surface area contributed by atoms with Crippen LogP contribution in [0.5, 0.6) is 0 Å². The quantitative estimate of drug-likeness (QED) is 0.744. The lowest BCUT2D eigenvalue weighted by Gasteiger charge is -2.27. The van der Waals surface area contributed by atoms with Crippen molar-refractivity contribution in [3.05, 3.63) is 34.9 Å². The molecule has 3 nitrogen and oxygen atoms in total. The highest BCUT2D eigenvalue weighted by Gasteiger charge is 2.30. The molecule has 0 saturated heterocycles. The molecule has 0 unspecified atom stereocenters. The molecule has 140 valence electrons. The van der Waals surface area contributed by atoms with E-state index in [1.54, 1.807) is 6.07 Å². The van der Waals surface area contributed by atoms with E-state index in [9.17, 15) is 18.7 Å². The standard InChI is InChI=1S/C20H29F2NO2/c1-20(2,3)11-10-16(19(24)25)23-17(18(21)22)15-9-8-13-6-4-5-7-14(13)12-15/h8-9,12,16-18,23H,4-7,10-11H2,1-3H3,(H,24,25)/t16-,17+/m0/s1. The molecule has 0 bridgehead atoms. The van der Waals surface area contributed by atoms with Crippen LogP contribution in [0.1, 0.15) is 69.2 Å². The average Bonchev–Trinajstić information content (AvgIpc) is 2.53. The Hall–Kier alpha value is -1.49. The van der Waals surface area contributed by atoms with Gasteiger partial charge in [0.1, 0.15) is 6.04 Å². The maximum atomic E-state index is 13.7. The molecule has 0 saturated carbocycles. The number of carboxylic acids is 1. The Morgan fingerprint density at radius 2 is 1.84 bits per heavy atom. The number of hydrogen-bond acceptors (Lipinski definition) is 2. The minimum atomic E-state index is -2.65. The number of nitrogens with one attached hydrogen (secondary N) is 1. The topological polar surface area (TPSA) is 49.3 Å². The third-order valence-electron chi connectivity index (χ3n) is 4.85. The maximum Gasteiger partial charge on any atom is 0.320 e. The molecule has 2 N–H and O–H groups in total. The molecule has 0 amide bonds. The zero-order valence-electron chi connectivity index (χ0n) is 15.3. The number of rotatable bonds is 7. The fourth-order valence-corrected chi connectivity index (χ4v) is 3.33. The second-order valence-electron chi connectivity index (χ2n) is 8.20. The lowest BCUT2D eigenvalue weighted by Crippen LogP contribution is -2.42. The van der Waals surface area contributed by atoms with Gasteiger partial charge in [-0.2, -0.15) is 0 Å². The van der Waals surface area contributed by atoms with Gasteiger partial charge < -0.3 is 5.11 Å². The number of carboxylic acid groups (broad SMARTS) is 1. The molecule has 0 fully saturated rings. The predicted molar refractivity (Wildman–Crippen MR) is 95.1 cm³/mol. The van der Waals surface area contributed by atoms with E-state index in [1.807, 2.05) is 32.9 Å². The van der Waals surface area contributed by atoms with Crippen molar-refractivity contribution in [2.24, 2.45) is 5.41 Å². The number of benzene rings is 1. The molecular formula is C20H29F2NO2.